The van der Waals surface area contributed by atoms with Gasteiger partial charge in [-0.3, -0.25) is 10.1 Å². The highest BCUT2D eigenvalue weighted by molar-refractivity contribution is 5.69. The van der Waals surface area contributed by atoms with Gasteiger partial charge in [-0.1, -0.05) is 6.07 Å². The van der Waals surface area contributed by atoms with Crippen LogP contribution < -0.4 is 5.32 Å². The van der Waals surface area contributed by atoms with Gasteiger partial charge in [0.25, 0.3) is 0 Å². The second-order valence-electron chi connectivity index (χ2n) is 5.28. The summed E-state index contributed by atoms with van der Waals surface area (Å²) in [5, 5.41) is 18.8. The van der Waals surface area contributed by atoms with Crippen molar-refractivity contribution in [3.05, 3.63) is 57.8 Å². The first-order valence-electron chi connectivity index (χ1n) is 7.19. The molecule has 1 N–H and O–H groups in total. The van der Waals surface area contributed by atoms with E-state index in [9.17, 15) is 10.1 Å². The fraction of sp³-hybridized carbons (Fsp3) is 0.200. The summed E-state index contributed by atoms with van der Waals surface area (Å²) in [6, 6.07) is 5.46. The van der Waals surface area contributed by atoms with E-state index in [-0.39, 0.29) is 17.3 Å². The Bertz CT molecular complexity index is 920. The largest absolute Gasteiger partial charge is 0.356 e. The number of pyridine rings is 1. The molecule has 0 aliphatic heterocycles. The highest BCUT2D eigenvalue weighted by Crippen LogP contribution is 2.30. The Morgan fingerprint density at radius 1 is 1.17 bits per heavy atom. The third-order valence-corrected chi connectivity index (χ3v) is 3.44. The minimum absolute atomic E-state index is 0.0688. The van der Waals surface area contributed by atoms with Crippen LogP contribution >= 0.6 is 0 Å². The first-order valence-corrected chi connectivity index (χ1v) is 7.19. The van der Waals surface area contributed by atoms with Gasteiger partial charge in [0.15, 0.2) is 0 Å². The van der Waals surface area contributed by atoms with Crippen molar-refractivity contribution in [2.75, 3.05) is 5.32 Å². The number of aromatic nitrogens is 5. The van der Waals surface area contributed by atoms with Crippen molar-refractivity contribution in [2.24, 2.45) is 0 Å². The van der Waals surface area contributed by atoms with Crippen molar-refractivity contribution < 1.29 is 4.92 Å². The summed E-state index contributed by atoms with van der Waals surface area (Å²) in [7, 11) is 0. The van der Waals surface area contributed by atoms with Crippen LogP contribution in [0.2, 0.25) is 0 Å². The molecule has 0 bridgehead atoms. The van der Waals surface area contributed by atoms with Gasteiger partial charge in [0.1, 0.15) is 12.1 Å². The number of rotatable bonds is 4. The van der Waals surface area contributed by atoms with Gasteiger partial charge < -0.3 is 5.32 Å². The Hall–Kier alpha value is -3.36. The standard InChI is InChI=1S/C15H15N7O2/c1-9-5-4-6-16-13(9)19-14-12(22(23)24)15(18-8-17-14)21-11(3)7-10(2)20-21/h4-8H,1-3H3,(H,16,17,18,19). The quantitative estimate of drug-likeness (QED) is 0.579. The molecule has 0 aliphatic carbocycles. The maximum Gasteiger partial charge on any atom is 0.356 e. The van der Waals surface area contributed by atoms with Crippen LogP contribution in [0.15, 0.2) is 30.7 Å². The highest BCUT2D eigenvalue weighted by Gasteiger charge is 2.26. The van der Waals surface area contributed by atoms with Gasteiger partial charge >= 0.3 is 5.69 Å². The van der Waals surface area contributed by atoms with E-state index in [1.54, 1.807) is 12.3 Å². The molecule has 0 saturated carbocycles. The zero-order chi connectivity index (χ0) is 17.3. The number of hydrogen-bond donors (Lipinski definition) is 1. The average molecular weight is 325 g/mol. The Balaban J connectivity index is 2.14. The van der Waals surface area contributed by atoms with E-state index in [2.05, 4.69) is 25.4 Å². The van der Waals surface area contributed by atoms with E-state index in [1.165, 1.54) is 11.0 Å². The van der Waals surface area contributed by atoms with E-state index in [0.717, 1.165) is 17.0 Å². The molecule has 3 aromatic heterocycles. The van der Waals surface area contributed by atoms with Crippen LogP contribution in [0, 0.1) is 30.9 Å². The predicted molar refractivity (Wildman–Crippen MR) is 87.5 cm³/mol. The highest BCUT2D eigenvalue weighted by atomic mass is 16.6. The Morgan fingerprint density at radius 3 is 2.58 bits per heavy atom. The molecule has 122 valence electrons. The zero-order valence-electron chi connectivity index (χ0n) is 13.4. The van der Waals surface area contributed by atoms with Gasteiger partial charge in [-0.05, 0) is 38.5 Å². The van der Waals surface area contributed by atoms with Gasteiger partial charge in [0.05, 0.1) is 10.6 Å². The molecule has 3 heterocycles. The van der Waals surface area contributed by atoms with Crippen LogP contribution in [0.25, 0.3) is 5.82 Å². The summed E-state index contributed by atoms with van der Waals surface area (Å²) in [4.78, 5) is 23.4. The number of anilines is 2. The second kappa shape index (κ2) is 6.03. The third-order valence-electron chi connectivity index (χ3n) is 3.44. The van der Waals surface area contributed by atoms with Crippen molar-refractivity contribution in [1.82, 2.24) is 24.7 Å². The molecule has 9 heteroatoms. The van der Waals surface area contributed by atoms with E-state index >= 15 is 0 Å². The normalized spacial score (nSPS) is 10.6. The fourth-order valence-corrected chi connectivity index (χ4v) is 2.36. The van der Waals surface area contributed by atoms with Gasteiger partial charge in [0.2, 0.25) is 11.6 Å². The van der Waals surface area contributed by atoms with Crippen LogP contribution in [-0.2, 0) is 0 Å². The molecule has 0 aliphatic rings. The lowest BCUT2D eigenvalue weighted by Gasteiger charge is -2.10. The molecule has 0 unspecified atom stereocenters. The van der Waals surface area contributed by atoms with Crippen molar-refractivity contribution in [3.63, 3.8) is 0 Å². The lowest BCUT2D eigenvalue weighted by atomic mass is 10.3. The van der Waals surface area contributed by atoms with Gasteiger partial charge in [-0.2, -0.15) is 5.10 Å². The predicted octanol–water partition coefficient (Wildman–Crippen LogP) is 2.63. The second-order valence-corrected chi connectivity index (χ2v) is 5.28. The SMILES string of the molecule is Cc1cc(C)n(-c2ncnc(Nc3ncccc3C)c2[N+](=O)[O-])n1. The molecule has 0 fully saturated rings. The zero-order valence-corrected chi connectivity index (χ0v) is 13.4. The minimum Gasteiger partial charge on any atom is -0.319 e. The monoisotopic (exact) mass is 325 g/mol. The molecule has 0 saturated heterocycles. The first kappa shape index (κ1) is 15.5. The molecule has 9 nitrogen and oxygen atoms in total. The van der Waals surface area contributed by atoms with Gasteiger partial charge in [-0.25, -0.2) is 19.6 Å². The number of nitrogens with one attached hydrogen (secondary N) is 1. The molecular weight excluding hydrogens is 310 g/mol. The Labute approximate surface area is 137 Å². The smallest absolute Gasteiger partial charge is 0.319 e. The fourth-order valence-electron chi connectivity index (χ4n) is 2.36. The van der Waals surface area contributed by atoms with Crippen molar-refractivity contribution in [3.8, 4) is 5.82 Å². The average Bonchev–Trinajstić information content (AvgIpc) is 2.87. The van der Waals surface area contributed by atoms with Crippen LogP contribution in [0.4, 0.5) is 17.3 Å². The summed E-state index contributed by atoms with van der Waals surface area (Å²) in [5.41, 5.74) is 2.08. The van der Waals surface area contributed by atoms with Crippen LogP contribution in [0.3, 0.4) is 0 Å². The van der Waals surface area contributed by atoms with Crippen molar-refractivity contribution in [2.45, 2.75) is 20.8 Å². The van der Waals surface area contributed by atoms with E-state index in [1.807, 2.05) is 32.9 Å². The molecule has 0 radical (unpaired) electrons. The number of aryl methyl sites for hydroxylation is 3. The van der Waals surface area contributed by atoms with Crippen LogP contribution in [0.1, 0.15) is 17.0 Å². The summed E-state index contributed by atoms with van der Waals surface area (Å²) < 4.78 is 1.44. The lowest BCUT2D eigenvalue weighted by molar-refractivity contribution is -0.384. The van der Waals surface area contributed by atoms with Crippen molar-refractivity contribution >= 4 is 17.3 Å². The van der Waals surface area contributed by atoms with Gasteiger partial charge in [-0.15, -0.1) is 0 Å². The molecule has 0 aromatic carbocycles. The summed E-state index contributed by atoms with van der Waals surface area (Å²) in [5.74, 6) is 0.676. The summed E-state index contributed by atoms with van der Waals surface area (Å²) >= 11 is 0. The van der Waals surface area contributed by atoms with Crippen LogP contribution in [-0.4, -0.2) is 29.7 Å². The van der Waals surface area contributed by atoms with Crippen molar-refractivity contribution in [1.29, 1.82) is 0 Å². The summed E-state index contributed by atoms with van der Waals surface area (Å²) in [6.07, 6.45) is 2.86. The van der Waals surface area contributed by atoms with Gasteiger partial charge in [0, 0.05) is 11.9 Å². The number of hydrogen-bond acceptors (Lipinski definition) is 7. The molecule has 24 heavy (non-hydrogen) atoms. The van der Waals surface area contributed by atoms with E-state index < -0.39 is 4.92 Å². The lowest BCUT2D eigenvalue weighted by Crippen LogP contribution is -2.10. The topological polar surface area (TPSA) is 112 Å². The minimum atomic E-state index is -0.521. The Kier molecular flexibility index (Phi) is 3.90. The third kappa shape index (κ3) is 2.78. The maximum atomic E-state index is 11.6. The Morgan fingerprint density at radius 2 is 1.96 bits per heavy atom. The molecule has 0 spiro atoms. The molecule has 0 amide bonds. The first-order chi connectivity index (χ1) is 11.5. The maximum absolute atomic E-state index is 11.6. The van der Waals surface area contributed by atoms with E-state index in [4.69, 9.17) is 0 Å². The molecule has 0 atom stereocenters. The summed E-state index contributed by atoms with van der Waals surface area (Å²) in [6.45, 7) is 5.47. The molecule has 3 rings (SSSR count). The number of nitrogens with zero attached hydrogens (tertiary/aromatic N) is 6. The molecular formula is C15H15N7O2. The van der Waals surface area contributed by atoms with E-state index in [0.29, 0.717) is 5.82 Å². The number of nitro groups is 1. The molecule has 3 aromatic rings. The van der Waals surface area contributed by atoms with Crippen LogP contribution in [0.5, 0.6) is 0 Å².